The van der Waals surface area contributed by atoms with Gasteiger partial charge in [0.2, 0.25) is 11.7 Å². The van der Waals surface area contributed by atoms with Crippen molar-refractivity contribution in [2.75, 3.05) is 7.05 Å². The predicted octanol–water partition coefficient (Wildman–Crippen LogP) is 3.83. The van der Waals surface area contributed by atoms with Crippen LogP contribution in [0, 0.1) is 0 Å². The summed E-state index contributed by atoms with van der Waals surface area (Å²) >= 11 is 4.92. The van der Waals surface area contributed by atoms with E-state index < -0.39 is 0 Å². The van der Waals surface area contributed by atoms with Gasteiger partial charge in [0.1, 0.15) is 0 Å². The lowest BCUT2D eigenvalue weighted by atomic mass is 10.2. The molecule has 2 heterocycles. The van der Waals surface area contributed by atoms with Crippen LogP contribution in [0.25, 0.3) is 10.7 Å². The maximum absolute atomic E-state index is 12.4. The number of amides is 1. The van der Waals surface area contributed by atoms with Crippen molar-refractivity contribution in [3.63, 3.8) is 0 Å². The average Bonchev–Trinajstić information content (AvgIpc) is 3.17. The van der Waals surface area contributed by atoms with Gasteiger partial charge in [-0.05, 0) is 39.5 Å². The van der Waals surface area contributed by atoms with Gasteiger partial charge >= 0.3 is 0 Å². The first-order chi connectivity index (χ1) is 10.6. The second-order valence-corrected chi connectivity index (χ2v) is 6.43. The third-order valence-corrected chi connectivity index (χ3v) is 4.59. The lowest BCUT2D eigenvalue weighted by molar-refractivity contribution is 0.0768. The Bertz CT molecular complexity index is 786. The number of hydrogen-bond acceptors (Lipinski definition) is 5. The Balaban J connectivity index is 1.73. The van der Waals surface area contributed by atoms with Crippen LogP contribution in [0.1, 0.15) is 16.2 Å². The molecular weight excluding hydrogens is 366 g/mol. The van der Waals surface area contributed by atoms with E-state index in [0.717, 1.165) is 9.35 Å². The molecule has 0 aliphatic rings. The second kappa shape index (κ2) is 6.41. The first-order valence-electron chi connectivity index (χ1n) is 6.51. The smallest absolute Gasteiger partial charge is 0.255 e. The summed E-state index contributed by atoms with van der Waals surface area (Å²) in [7, 11) is 1.71. The number of halogens is 1. The van der Waals surface area contributed by atoms with Crippen molar-refractivity contribution >= 4 is 33.2 Å². The molecule has 1 aromatic carbocycles. The number of hydrogen-bond donors (Lipinski definition) is 0. The number of aromatic nitrogens is 2. The van der Waals surface area contributed by atoms with Gasteiger partial charge in [0, 0.05) is 11.5 Å². The van der Waals surface area contributed by atoms with E-state index in [1.54, 1.807) is 29.4 Å². The van der Waals surface area contributed by atoms with Gasteiger partial charge in [-0.2, -0.15) is 4.98 Å². The van der Waals surface area contributed by atoms with E-state index in [4.69, 9.17) is 4.52 Å². The van der Waals surface area contributed by atoms with Gasteiger partial charge < -0.3 is 9.42 Å². The van der Waals surface area contributed by atoms with Crippen LogP contribution in [0.4, 0.5) is 0 Å². The predicted molar refractivity (Wildman–Crippen MR) is 87.6 cm³/mol. The van der Waals surface area contributed by atoms with Crippen LogP contribution >= 0.6 is 27.3 Å². The molecule has 0 aliphatic carbocycles. The molecule has 1 amide bonds. The number of rotatable bonds is 4. The van der Waals surface area contributed by atoms with E-state index in [-0.39, 0.29) is 12.5 Å². The van der Waals surface area contributed by atoms with Gasteiger partial charge in [0.25, 0.3) is 5.91 Å². The van der Waals surface area contributed by atoms with E-state index in [2.05, 4.69) is 26.1 Å². The highest BCUT2D eigenvalue weighted by Gasteiger charge is 2.18. The molecule has 3 rings (SSSR count). The van der Waals surface area contributed by atoms with Crippen molar-refractivity contribution in [3.05, 3.63) is 57.7 Å². The van der Waals surface area contributed by atoms with Crippen LogP contribution in [0.3, 0.4) is 0 Å². The van der Waals surface area contributed by atoms with Crippen molar-refractivity contribution < 1.29 is 9.32 Å². The Morgan fingerprint density at radius 3 is 2.86 bits per heavy atom. The van der Waals surface area contributed by atoms with E-state index in [9.17, 15) is 4.79 Å². The highest BCUT2D eigenvalue weighted by atomic mass is 79.9. The summed E-state index contributed by atoms with van der Waals surface area (Å²) < 4.78 is 5.98. The normalized spacial score (nSPS) is 10.6. The Morgan fingerprint density at radius 2 is 2.14 bits per heavy atom. The van der Waals surface area contributed by atoms with Crippen molar-refractivity contribution in [1.82, 2.24) is 15.0 Å². The topological polar surface area (TPSA) is 59.2 Å². The molecule has 0 atom stereocenters. The second-order valence-electron chi connectivity index (χ2n) is 4.63. The van der Waals surface area contributed by atoms with E-state index in [1.165, 1.54) is 0 Å². The molecule has 3 aromatic rings. The highest BCUT2D eigenvalue weighted by molar-refractivity contribution is 9.10. The molecule has 0 aliphatic heterocycles. The largest absolute Gasteiger partial charge is 0.337 e. The average molecular weight is 378 g/mol. The standard InChI is InChI=1S/C15H12BrN3O2S/c1-19(15(20)10-5-2-3-6-11(10)16)9-13-17-14(18-21-13)12-7-4-8-22-12/h2-8H,9H2,1H3. The number of carbonyl (C=O) groups excluding carboxylic acids is 1. The summed E-state index contributed by atoms with van der Waals surface area (Å²) in [5.74, 6) is 0.849. The van der Waals surface area contributed by atoms with Crippen LogP contribution in [0.2, 0.25) is 0 Å². The third-order valence-electron chi connectivity index (χ3n) is 3.03. The molecule has 22 heavy (non-hydrogen) atoms. The monoisotopic (exact) mass is 377 g/mol. The fourth-order valence-electron chi connectivity index (χ4n) is 1.94. The number of carbonyl (C=O) groups is 1. The van der Waals surface area contributed by atoms with Crippen LogP contribution in [-0.2, 0) is 6.54 Å². The zero-order valence-corrected chi connectivity index (χ0v) is 14.1. The van der Waals surface area contributed by atoms with E-state index in [1.807, 2.05) is 35.7 Å². The molecule has 112 valence electrons. The van der Waals surface area contributed by atoms with E-state index in [0.29, 0.717) is 17.3 Å². The zero-order valence-electron chi connectivity index (χ0n) is 11.7. The first-order valence-corrected chi connectivity index (χ1v) is 8.19. The minimum Gasteiger partial charge on any atom is -0.337 e. The van der Waals surface area contributed by atoms with Crippen molar-refractivity contribution in [1.29, 1.82) is 0 Å². The Hall–Kier alpha value is -1.99. The summed E-state index contributed by atoms with van der Waals surface area (Å²) in [6.45, 7) is 0.262. The highest BCUT2D eigenvalue weighted by Crippen LogP contribution is 2.22. The molecule has 0 saturated carbocycles. The summed E-state index contributed by atoms with van der Waals surface area (Å²) in [6.07, 6.45) is 0. The number of benzene rings is 1. The molecule has 0 fully saturated rings. The van der Waals surface area contributed by atoms with Crippen molar-refractivity contribution in [2.24, 2.45) is 0 Å². The molecule has 0 saturated heterocycles. The Morgan fingerprint density at radius 1 is 1.32 bits per heavy atom. The van der Waals surface area contributed by atoms with Crippen LogP contribution in [-0.4, -0.2) is 28.0 Å². The fraction of sp³-hybridized carbons (Fsp3) is 0.133. The van der Waals surface area contributed by atoms with Gasteiger partial charge in [-0.25, -0.2) is 0 Å². The van der Waals surface area contributed by atoms with Gasteiger partial charge in [-0.1, -0.05) is 23.4 Å². The number of nitrogens with zero attached hydrogens (tertiary/aromatic N) is 3. The van der Waals surface area contributed by atoms with Crippen LogP contribution in [0.5, 0.6) is 0 Å². The minimum absolute atomic E-state index is 0.108. The molecule has 5 nitrogen and oxygen atoms in total. The quantitative estimate of drug-likeness (QED) is 0.692. The SMILES string of the molecule is CN(Cc1nc(-c2cccs2)no1)C(=O)c1ccccc1Br. The van der Waals surface area contributed by atoms with Crippen molar-refractivity contribution in [2.45, 2.75) is 6.54 Å². The van der Waals surface area contributed by atoms with Crippen LogP contribution < -0.4 is 0 Å². The van der Waals surface area contributed by atoms with Gasteiger partial charge in [-0.3, -0.25) is 4.79 Å². The lowest BCUT2D eigenvalue weighted by Crippen LogP contribution is -2.26. The van der Waals surface area contributed by atoms with Gasteiger partial charge in [0.15, 0.2) is 0 Å². The maximum Gasteiger partial charge on any atom is 0.255 e. The van der Waals surface area contributed by atoms with E-state index >= 15 is 0 Å². The number of thiophene rings is 1. The summed E-state index contributed by atoms with van der Waals surface area (Å²) in [5.41, 5.74) is 0.600. The minimum atomic E-state index is -0.108. The summed E-state index contributed by atoms with van der Waals surface area (Å²) in [4.78, 5) is 19.2. The Labute approximate surface area is 139 Å². The first kappa shape index (κ1) is 14.9. The summed E-state index contributed by atoms with van der Waals surface area (Å²) in [6, 6.07) is 11.2. The Kier molecular flexibility index (Phi) is 4.35. The molecule has 0 unspecified atom stereocenters. The molecule has 2 aromatic heterocycles. The summed E-state index contributed by atoms with van der Waals surface area (Å²) in [5, 5.41) is 5.89. The van der Waals surface area contributed by atoms with Crippen molar-refractivity contribution in [3.8, 4) is 10.7 Å². The molecule has 7 heteroatoms. The third kappa shape index (κ3) is 3.10. The van der Waals surface area contributed by atoms with Gasteiger partial charge in [-0.15, -0.1) is 11.3 Å². The molecule has 0 spiro atoms. The van der Waals surface area contributed by atoms with Crippen LogP contribution in [0.15, 0.2) is 50.8 Å². The molecule has 0 N–H and O–H groups in total. The molecule has 0 radical (unpaired) electrons. The maximum atomic E-state index is 12.4. The zero-order chi connectivity index (χ0) is 15.5. The molecule has 0 bridgehead atoms. The molecular formula is C15H12BrN3O2S. The van der Waals surface area contributed by atoms with Gasteiger partial charge in [0.05, 0.1) is 17.0 Å². The lowest BCUT2D eigenvalue weighted by Gasteiger charge is -2.15. The fourth-order valence-corrected chi connectivity index (χ4v) is 3.04.